The molecule has 0 fully saturated rings. The first-order chi connectivity index (χ1) is 9.88. The van der Waals surface area contributed by atoms with Crippen molar-refractivity contribution in [2.24, 2.45) is 0 Å². The summed E-state index contributed by atoms with van der Waals surface area (Å²) in [7, 11) is 0.0768. The van der Waals surface area contributed by atoms with Crippen LogP contribution in [0, 0.1) is 0 Å². The van der Waals surface area contributed by atoms with Crippen LogP contribution in [0.1, 0.15) is 5.56 Å². The molecule has 3 aromatic rings. The number of benzene rings is 3. The predicted molar refractivity (Wildman–Crippen MR) is 86.7 cm³/mol. The molecule has 0 heterocycles. The summed E-state index contributed by atoms with van der Waals surface area (Å²) >= 11 is 0. The van der Waals surface area contributed by atoms with Gasteiger partial charge in [-0.3, -0.25) is 0 Å². The number of rotatable bonds is 4. The van der Waals surface area contributed by atoms with Crippen LogP contribution in [0.2, 0.25) is 0 Å². The quantitative estimate of drug-likeness (QED) is 0.707. The summed E-state index contributed by atoms with van der Waals surface area (Å²) in [5.74, 6) is 0. The first-order valence-corrected chi connectivity index (χ1v) is 6.78. The van der Waals surface area contributed by atoms with Crippen molar-refractivity contribution in [3.05, 3.63) is 72.3 Å². The number of hydrogen-bond acceptors (Lipinski definition) is 2. The van der Waals surface area contributed by atoms with Gasteiger partial charge in [-0.2, -0.15) is 0 Å². The first-order valence-electron chi connectivity index (χ1n) is 6.78. The fourth-order valence-corrected chi connectivity index (χ4v) is 2.45. The molecule has 0 aliphatic rings. The topological polar surface area (TPSA) is 32.3 Å². The Hall–Kier alpha value is -2.26. The molecule has 0 atom stereocenters. The number of hydrogen-bond donors (Lipinski definition) is 2. The molecule has 0 spiro atoms. The Labute approximate surface area is 119 Å². The molecule has 2 N–H and O–H groups in total. The van der Waals surface area contributed by atoms with Gasteiger partial charge < -0.3 is 10.3 Å². The fourth-order valence-electron chi connectivity index (χ4n) is 2.45. The van der Waals surface area contributed by atoms with E-state index in [-0.39, 0.29) is 7.48 Å². The van der Waals surface area contributed by atoms with E-state index in [9.17, 15) is 5.02 Å². The Morgan fingerprint density at radius 1 is 0.850 bits per heavy atom. The van der Waals surface area contributed by atoms with Crippen LogP contribution >= 0.6 is 0 Å². The Morgan fingerprint density at radius 2 is 1.60 bits per heavy atom. The minimum Gasteiger partial charge on any atom is -0.449 e. The number of nitrogens with one attached hydrogen (secondary N) is 1. The van der Waals surface area contributed by atoms with Gasteiger partial charge in [0.15, 0.2) is 0 Å². The van der Waals surface area contributed by atoms with Gasteiger partial charge in [0, 0.05) is 17.6 Å². The standard InChI is InChI=1S/C17H16BNO/c20-18-16-10-4-2-7-14(16)12-19-17-11-5-8-13-6-1-3-9-15(13)17/h1-11,18-20H,12H2. The Kier molecular flexibility index (Phi) is 3.70. The predicted octanol–water partition coefficient (Wildman–Crippen LogP) is 2.42. The summed E-state index contributed by atoms with van der Waals surface area (Å²) in [5.41, 5.74) is 3.22. The molecule has 0 saturated heterocycles. The van der Waals surface area contributed by atoms with Crippen LogP contribution in [-0.2, 0) is 6.54 Å². The number of fused-ring (bicyclic) bond motifs is 1. The molecule has 0 aromatic heterocycles. The minimum atomic E-state index is 0.0768. The third kappa shape index (κ3) is 2.54. The highest BCUT2D eigenvalue weighted by Gasteiger charge is 2.03. The molecule has 0 radical (unpaired) electrons. The molecule has 0 unspecified atom stereocenters. The van der Waals surface area contributed by atoms with Gasteiger partial charge in [-0.05, 0) is 22.5 Å². The van der Waals surface area contributed by atoms with Crippen LogP contribution in [0.3, 0.4) is 0 Å². The minimum absolute atomic E-state index is 0.0768. The van der Waals surface area contributed by atoms with E-state index in [1.807, 2.05) is 30.3 Å². The second kappa shape index (κ2) is 5.80. The van der Waals surface area contributed by atoms with Gasteiger partial charge in [0.1, 0.15) is 0 Å². The highest BCUT2D eigenvalue weighted by atomic mass is 16.2. The molecule has 3 aromatic carbocycles. The molecular weight excluding hydrogens is 245 g/mol. The normalized spacial score (nSPS) is 10.4. The zero-order chi connectivity index (χ0) is 13.8. The van der Waals surface area contributed by atoms with Gasteiger partial charge in [0.05, 0.1) is 0 Å². The van der Waals surface area contributed by atoms with E-state index in [1.165, 1.54) is 10.8 Å². The zero-order valence-electron chi connectivity index (χ0n) is 11.2. The summed E-state index contributed by atoms with van der Waals surface area (Å²) in [6, 6.07) is 22.5. The molecule has 0 aliphatic heterocycles. The lowest BCUT2D eigenvalue weighted by Crippen LogP contribution is -2.20. The molecule has 2 nitrogen and oxygen atoms in total. The SMILES string of the molecule is OBc1ccccc1CNc1cccc2ccccc12. The van der Waals surface area contributed by atoms with Crippen LogP contribution in [0.25, 0.3) is 10.8 Å². The molecule has 3 rings (SSSR count). The van der Waals surface area contributed by atoms with E-state index < -0.39 is 0 Å². The molecule has 0 bridgehead atoms. The molecule has 3 heteroatoms. The lowest BCUT2D eigenvalue weighted by molar-refractivity contribution is 0.615. The van der Waals surface area contributed by atoms with Crippen LogP contribution < -0.4 is 10.8 Å². The van der Waals surface area contributed by atoms with Crippen LogP contribution in [0.5, 0.6) is 0 Å². The van der Waals surface area contributed by atoms with Crippen molar-refractivity contribution in [3.63, 3.8) is 0 Å². The second-order valence-corrected chi connectivity index (χ2v) is 4.81. The Bertz CT molecular complexity index is 722. The van der Waals surface area contributed by atoms with E-state index in [1.54, 1.807) is 0 Å². The smallest absolute Gasteiger partial charge is 0.305 e. The van der Waals surface area contributed by atoms with Crippen molar-refractivity contribution in [1.29, 1.82) is 0 Å². The molecule has 98 valence electrons. The van der Waals surface area contributed by atoms with E-state index in [4.69, 9.17) is 0 Å². The average molecular weight is 261 g/mol. The molecular formula is C17H16BNO. The third-order valence-electron chi connectivity index (χ3n) is 3.55. The monoisotopic (exact) mass is 261 g/mol. The fraction of sp³-hybridized carbons (Fsp3) is 0.0588. The first kappa shape index (κ1) is 12.8. The highest BCUT2D eigenvalue weighted by molar-refractivity contribution is 6.46. The number of anilines is 1. The van der Waals surface area contributed by atoms with Gasteiger partial charge in [-0.25, -0.2) is 0 Å². The molecule has 0 amide bonds. The van der Waals surface area contributed by atoms with E-state index >= 15 is 0 Å². The van der Waals surface area contributed by atoms with Crippen molar-refractivity contribution < 1.29 is 5.02 Å². The van der Waals surface area contributed by atoms with Crippen molar-refractivity contribution >= 4 is 29.4 Å². The highest BCUT2D eigenvalue weighted by Crippen LogP contribution is 2.23. The average Bonchev–Trinajstić information content (AvgIpc) is 2.53. The largest absolute Gasteiger partial charge is 0.449 e. The summed E-state index contributed by atoms with van der Waals surface area (Å²) in [6.07, 6.45) is 0. The molecule has 0 aliphatic carbocycles. The van der Waals surface area contributed by atoms with Gasteiger partial charge in [-0.1, -0.05) is 60.7 Å². The van der Waals surface area contributed by atoms with Crippen molar-refractivity contribution in [2.75, 3.05) is 5.32 Å². The maximum Gasteiger partial charge on any atom is 0.305 e. The van der Waals surface area contributed by atoms with Crippen molar-refractivity contribution in [1.82, 2.24) is 0 Å². The van der Waals surface area contributed by atoms with Crippen LogP contribution in [-0.4, -0.2) is 12.5 Å². The lowest BCUT2D eigenvalue weighted by atomic mass is 9.84. The van der Waals surface area contributed by atoms with E-state index in [0.717, 1.165) is 16.7 Å². The van der Waals surface area contributed by atoms with E-state index in [2.05, 4.69) is 41.7 Å². The maximum absolute atomic E-state index is 9.36. The summed E-state index contributed by atoms with van der Waals surface area (Å²) in [6.45, 7) is 0.713. The van der Waals surface area contributed by atoms with Gasteiger partial charge >= 0.3 is 7.48 Å². The van der Waals surface area contributed by atoms with Crippen molar-refractivity contribution in [3.8, 4) is 0 Å². The maximum atomic E-state index is 9.36. The van der Waals surface area contributed by atoms with E-state index in [0.29, 0.717) is 6.54 Å². The van der Waals surface area contributed by atoms with Gasteiger partial charge in [0.25, 0.3) is 0 Å². The lowest BCUT2D eigenvalue weighted by Gasteiger charge is -2.12. The van der Waals surface area contributed by atoms with Crippen LogP contribution in [0.15, 0.2) is 66.7 Å². The molecule has 20 heavy (non-hydrogen) atoms. The Balaban J connectivity index is 1.87. The zero-order valence-corrected chi connectivity index (χ0v) is 11.2. The summed E-state index contributed by atoms with van der Waals surface area (Å²) in [5, 5.41) is 15.3. The summed E-state index contributed by atoms with van der Waals surface area (Å²) < 4.78 is 0. The summed E-state index contributed by atoms with van der Waals surface area (Å²) in [4.78, 5) is 0. The molecule has 0 saturated carbocycles. The third-order valence-corrected chi connectivity index (χ3v) is 3.55. The van der Waals surface area contributed by atoms with Gasteiger partial charge in [-0.15, -0.1) is 0 Å². The second-order valence-electron chi connectivity index (χ2n) is 4.81. The van der Waals surface area contributed by atoms with Crippen LogP contribution in [0.4, 0.5) is 5.69 Å². The van der Waals surface area contributed by atoms with Gasteiger partial charge in [0.2, 0.25) is 0 Å². The van der Waals surface area contributed by atoms with Crippen molar-refractivity contribution in [2.45, 2.75) is 6.54 Å². The Morgan fingerprint density at radius 3 is 2.50 bits per heavy atom.